The predicted molar refractivity (Wildman–Crippen MR) is 200 cm³/mol. The molecule has 0 aromatic heterocycles. The zero-order valence-corrected chi connectivity index (χ0v) is 32.5. The summed E-state index contributed by atoms with van der Waals surface area (Å²) in [4.78, 5) is 60.7. The number of anilines is 1. The summed E-state index contributed by atoms with van der Waals surface area (Å²) in [6.07, 6.45) is 5.61. The van der Waals surface area contributed by atoms with Crippen LogP contribution in [-0.2, 0) is 27.3 Å². The minimum Gasteiger partial charge on any atom is -0.506 e. The number of ether oxygens (including phenoxy) is 1. The van der Waals surface area contributed by atoms with Gasteiger partial charge in [0.15, 0.2) is 0 Å². The number of para-hydroxylation sites is 1. The third-order valence-electron chi connectivity index (χ3n) is 11.1. The molecule has 2 unspecified atom stereocenters. The maximum atomic E-state index is 14.2. The van der Waals surface area contributed by atoms with Crippen LogP contribution in [0.2, 0.25) is 0 Å². The molecule has 0 aliphatic carbocycles. The van der Waals surface area contributed by atoms with Gasteiger partial charge in [-0.05, 0) is 119 Å². The number of aromatic hydroxyl groups is 1. The molecule has 3 atom stereocenters. The van der Waals surface area contributed by atoms with Gasteiger partial charge in [0.2, 0.25) is 5.91 Å². The van der Waals surface area contributed by atoms with E-state index in [0.29, 0.717) is 78.9 Å². The van der Waals surface area contributed by atoms with E-state index in [2.05, 4.69) is 54.3 Å². The number of methoxy groups -OCH3 is 1. The number of hydrogen-bond acceptors (Lipinski definition) is 7. The first-order valence-electron chi connectivity index (χ1n) is 18.0. The lowest BCUT2D eigenvalue weighted by Gasteiger charge is -2.45. The fourth-order valence-corrected chi connectivity index (χ4v) is 9.56. The van der Waals surface area contributed by atoms with Gasteiger partial charge in [0.05, 0.1) is 16.1 Å². The van der Waals surface area contributed by atoms with Gasteiger partial charge in [-0.25, -0.2) is 9.59 Å². The van der Waals surface area contributed by atoms with Crippen LogP contribution in [0.4, 0.5) is 15.3 Å². The fraction of sp³-hybridized carbons (Fsp3) is 0.568. The molecule has 3 N–H and O–H groups in total. The number of hydrogen-bond donors (Lipinski definition) is 3. The van der Waals surface area contributed by atoms with E-state index >= 15 is 0 Å². The van der Waals surface area contributed by atoms with Gasteiger partial charge in [0, 0.05) is 69.4 Å². The lowest BCUT2D eigenvalue weighted by molar-refractivity contribution is -0.142. The van der Waals surface area contributed by atoms with E-state index in [0.717, 1.165) is 49.0 Å². The Morgan fingerprint density at radius 3 is 2.27 bits per heavy atom. The molecule has 3 saturated heterocycles. The molecule has 2 aromatic rings. The second kappa shape index (κ2) is 16.5. The first-order valence-corrected chi connectivity index (χ1v) is 19.6. The van der Waals surface area contributed by atoms with Crippen molar-refractivity contribution in [3.8, 4) is 5.75 Å². The molecule has 12 nitrogen and oxygen atoms in total. The van der Waals surface area contributed by atoms with Crippen molar-refractivity contribution >= 4 is 61.5 Å². The number of nitrogens with one attached hydrogen (secondary N) is 2. The summed E-state index contributed by atoms with van der Waals surface area (Å²) in [6.45, 7) is 5.83. The smallest absolute Gasteiger partial charge is 0.322 e. The van der Waals surface area contributed by atoms with Crippen molar-refractivity contribution in [3.05, 3.63) is 56.5 Å². The van der Waals surface area contributed by atoms with Crippen LogP contribution in [-0.4, -0.2) is 113 Å². The second-order valence-corrected chi connectivity index (χ2v) is 16.1. The number of urea groups is 2. The molecular weight excluding hydrogens is 784 g/mol. The van der Waals surface area contributed by atoms with Gasteiger partial charge in [-0.2, -0.15) is 0 Å². The van der Waals surface area contributed by atoms with Crippen LogP contribution < -0.4 is 10.6 Å². The Kier molecular flexibility index (Phi) is 12.1. The van der Waals surface area contributed by atoms with E-state index in [4.69, 9.17) is 4.74 Å². The van der Waals surface area contributed by atoms with Crippen LogP contribution in [0.1, 0.15) is 63.0 Å². The van der Waals surface area contributed by atoms with Gasteiger partial charge >= 0.3 is 18.0 Å². The van der Waals surface area contributed by atoms with Crippen LogP contribution in [0.3, 0.4) is 0 Å². The number of piperidine rings is 3. The van der Waals surface area contributed by atoms with Crippen molar-refractivity contribution in [1.29, 1.82) is 0 Å². The van der Waals surface area contributed by atoms with Gasteiger partial charge < -0.3 is 35.2 Å². The first kappa shape index (κ1) is 37.4. The van der Waals surface area contributed by atoms with Gasteiger partial charge in [-0.1, -0.05) is 18.2 Å². The summed E-state index contributed by atoms with van der Waals surface area (Å²) in [7, 11) is 1.44. The number of esters is 1. The average molecular weight is 833 g/mol. The number of phenols is 1. The number of amides is 5. The molecule has 51 heavy (non-hydrogen) atoms. The summed E-state index contributed by atoms with van der Waals surface area (Å²) >= 11 is 6.81. The van der Waals surface area contributed by atoms with E-state index in [9.17, 15) is 24.3 Å². The Hall–Kier alpha value is -3.36. The molecule has 0 radical (unpaired) electrons. The molecule has 3 fully saturated rings. The predicted octanol–water partition coefficient (Wildman–Crippen LogP) is 5.70. The number of rotatable bonds is 8. The van der Waals surface area contributed by atoms with Crippen molar-refractivity contribution < 1.29 is 29.0 Å². The van der Waals surface area contributed by atoms with E-state index in [1.807, 2.05) is 34.1 Å². The lowest BCUT2D eigenvalue weighted by atomic mass is 9.86. The second-order valence-electron chi connectivity index (χ2n) is 14.4. The van der Waals surface area contributed by atoms with Crippen molar-refractivity contribution in [1.82, 2.24) is 24.9 Å². The van der Waals surface area contributed by atoms with Crippen LogP contribution in [0.15, 0.2) is 45.3 Å². The van der Waals surface area contributed by atoms with Crippen molar-refractivity contribution in [2.75, 3.05) is 45.2 Å². The fourth-order valence-electron chi connectivity index (χ4n) is 8.28. The summed E-state index contributed by atoms with van der Waals surface area (Å²) in [5, 5.41) is 16.4. The molecule has 0 saturated carbocycles. The van der Waals surface area contributed by atoms with E-state index < -0.39 is 6.04 Å². The molecule has 276 valence electrons. The van der Waals surface area contributed by atoms with Gasteiger partial charge in [0.25, 0.3) is 0 Å². The standard InChI is InChI=1S/C37H48Br2N6O6/c1-23-17-24(21-33(46)51-2)7-16-44(23)27-8-12-42(13-9-27)35(48)32(20-25-18-29(38)34(47)30(39)19-25)41-36(49)43-14-10-28(11-15-43)45-22-26-5-3-4-6-31(26)40-37(45)50/h3-6,18-19,23-24,27-28,32,47H,7-17,20-22H2,1-2H3,(H,40,50)(H,41,49)/t23?,24?,32-/m1/s1. The monoisotopic (exact) mass is 830 g/mol. The van der Waals surface area contributed by atoms with E-state index in [1.54, 1.807) is 17.0 Å². The summed E-state index contributed by atoms with van der Waals surface area (Å²) in [6, 6.07) is 10.9. The quantitative estimate of drug-likeness (QED) is 0.291. The lowest BCUT2D eigenvalue weighted by Crippen LogP contribution is -2.58. The summed E-state index contributed by atoms with van der Waals surface area (Å²) in [5.74, 6) is 0.140. The van der Waals surface area contributed by atoms with Crippen molar-refractivity contribution in [2.24, 2.45) is 5.92 Å². The zero-order valence-electron chi connectivity index (χ0n) is 29.3. The van der Waals surface area contributed by atoms with Crippen LogP contribution in [0.25, 0.3) is 0 Å². The normalized spacial score (nSPS) is 22.6. The summed E-state index contributed by atoms with van der Waals surface area (Å²) in [5.41, 5.74) is 2.71. The third-order valence-corrected chi connectivity index (χ3v) is 12.3. The molecule has 2 aromatic carbocycles. The van der Waals surface area contributed by atoms with E-state index in [1.165, 1.54) is 7.11 Å². The topological polar surface area (TPSA) is 135 Å². The SMILES string of the molecule is COC(=O)CC1CCN(C2CCN(C(=O)[C@@H](Cc3cc(Br)c(O)c(Br)c3)NC(=O)N3CCC(N4Cc5ccccc5NC4=O)CC3)CC2)C(C)C1. The Labute approximate surface area is 316 Å². The Morgan fingerprint density at radius 1 is 0.961 bits per heavy atom. The minimum atomic E-state index is -0.799. The molecule has 14 heteroatoms. The van der Waals surface area contributed by atoms with Crippen LogP contribution >= 0.6 is 31.9 Å². The highest BCUT2D eigenvalue weighted by Gasteiger charge is 2.37. The largest absolute Gasteiger partial charge is 0.506 e. The van der Waals surface area contributed by atoms with Crippen molar-refractivity contribution in [3.63, 3.8) is 0 Å². The number of halogens is 2. The third kappa shape index (κ3) is 8.82. The maximum Gasteiger partial charge on any atom is 0.322 e. The number of fused-ring (bicyclic) bond motifs is 1. The molecule has 4 aliphatic rings. The van der Waals surface area contributed by atoms with Crippen LogP contribution in [0.5, 0.6) is 5.75 Å². The Morgan fingerprint density at radius 2 is 1.61 bits per heavy atom. The molecular formula is C37H48Br2N6O6. The average Bonchev–Trinajstić information content (AvgIpc) is 3.13. The van der Waals surface area contributed by atoms with Gasteiger partial charge in [-0.3, -0.25) is 14.5 Å². The molecule has 4 heterocycles. The molecule has 6 rings (SSSR count). The number of nitrogens with zero attached hydrogens (tertiary/aromatic N) is 4. The van der Waals surface area contributed by atoms with Gasteiger partial charge in [-0.15, -0.1) is 0 Å². The zero-order chi connectivity index (χ0) is 36.2. The van der Waals surface area contributed by atoms with E-state index in [-0.39, 0.29) is 42.2 Å². The number of likely N-dealkylation sites (tertiary alicyclic amines) is 3. The minimum absolute atomic E-state index is 0.00850. The van der Waals surface area contributed by atoms with Crippen LogP contribution in [0, 0.1) is 5.92 Å². The number of benzene rings is 2. The van der Waals surface area contributed by atoms with Gasteiger partial charge in [0.1, 0.15) is 11.8 Å². The molecule has 4 aliphatic heterocycles. The Bertz CT molecular complexity index is 1590. The molecule has 5 amide bonds. The highest BCUT2D eigenvalue weighted by atomic mass is 79.9. The maximum absolute atomic E-state index is 14.2. The van der Waals surface area contributed by atoms with Crippen molar-refractivity contribution in [2.45, 2.75) is 89.0 Å². The number of phenolic OH excluding ortho intramolecular Hbond substituents is 1. The number of carbonyl (C=O) groups is 4. The first-order chi connectivity index (χ1) is 24.5. The highest BCUT2D eigenvalue weighted by Crippen LogP contribution is 2.35. The highest BCUT2D eigenvalue weighted by molar-refractivity contribution is 9.11. The summed E-state index contributed by atoms with van der Waals surface area (Å²) < 4.78 is 5.89. The molecule has 0 bridgehead atoms. The Balaban J connectivity index is 1.07. The number of carbonyl (C=O) groups excluding carboxylic acids is 4. The molecule has 0 spiro atoms.